The van der Waals surface area contributed by atoms with Crippen LogP contribution in [0.1, 0.15) is 37.5 Å². The Hall–Kier alpha value is -3.04. The molecule has 0 aliphatic carbocycles. The zero-order valence-electron chi connectivity index (χ0n) is 21.2. The highest BCUT2D eigenvalue weighted by atomic mass is 32.2. The van der Waals surface area contributed by atoms with E-state index >= 15 is 0 Å². The molecule has 3 N–H and O–H groups in total. The van der Waals surface area contributed by atoms with E-state index in [0.717, 1.165) is 16.7 Å². The summed E-state index contributed by atoms with van der Waals surface area (Å²) >= 11 is 1.47. The van der Waals surface area contributed by atoms with Crippen LogP contribution in [0, 0.1) is 6.92 Å². The minimum atomic E-state index is -1.56. The molecule has 3 atom stereocenters. The predicted octanol–water partition coefficient (Wildman–Crippen LogP) is 3.01. The maximum absolute atomic E-state index is 13.5. The van der Waals surface area contributed by atoms with Gasteiger partial charge in [-0.2, -0.15) is 0 Å². The van der Waals surface area contributed by atoms with Crippen LogP contribution in [0.15, 0.2) is 54.6 Å². The highest BCUT2D eigenvalue weighted by Gasteiger charge is 2.49. The molecule has 2 aromatic carbocycles. The highest BCUT2D eigenvalue weighted by Crippen LogP contribution is 2.40. The summed E-state index contributed by atoms with van der Waals surface area (Å²) in [5.74, 6) is -0.642. The Balaban J connectivity index is 1.77. The van der Waals surface area contributed by atoms with Gasteiger partial charge < -0.3 is 25.4 Å². The molecule has 0 bridgehead atoms. The third-order valence-electron chi connectivity index (χ3n) is 6.30. The molecule has 9 heteroatoms. The van der Waals surface area contributed by atoms with Crippen LogP contribution in [-0.2, 0) is 27.3 Å². The van der Waals surface area contributed by atoms with E-state index < -0.39 is 34.9 Å². The largest absolute Gasteiger partial charge is 0.450 e. The van der Waals surface area contributed by atoms with Crippen molar-refractivity contribution in [2.24, 2.45) is 0 Å². The van der Waals surface area contributed by atoms with Crippen LogP contribution in [0.5, 0.6) is 0 Å². The van der Waals surface area contributed by atoms with Gasteiger partial charge in [0.05, 0.1) is 18.5 Å². The number of amides is 3. The van der Waals surface area contributed by atoms with Gasteiger partial charge >= 0.3 is 6.09 Å². The molecule has 2 aromatic rings. The third-order valence-corrected chi connectivity index (χ3v) is 7.68. The van der Waals surface area contributed by atoms with E-state index in [-0.39, 0.29) is 24.8 Å². The molecule has 0 aromatic heterocycles. The van der Waals surface area contributed by atoms with Gasteiger partial charge in [-0.05, 0) is 50.8 Å². The summed E-state index contributed by atoms with van der Waals surface area (Å²) in [6.45, 7) is 7.98. The minimum absolute atomic E-state index is 0.161. The molecular weight excluding hydrogens is 478 g/mol. The number of ether oxygens (including phenoxy) is 1. The number of rotatable bonds is 9. The zero-order chi connectivity index (χ0) is 26.3. The summed E-state index contributed by atoms with van der Waals surface area (Å²) in [6.07, 6.45) is -2.05. The normalized spacial score (nSPS) is 18.2. The Morgan fingerprint density at radius 2 is 1.81 bits per heavy atom. The van der Waals surface area contributed by atoms with Crippen molar-refractivity contribution in [3.05, 3.63) is 71.3 Å². The Bertz CT molecular complexity index is 1060. The molecule has 1 heterocycles. The van der Waals surface area contributed by atoms with Crippen LogP contribution in [0.4, 0.5) is 4.79 Å². The molecule has 8 nitrogen and oxygen atoms in total. The number of aryl methyl sites for hydroxylation is 1. The predicted molar refractivity (Wildman–Crippen MR) is 140 cm³/mol. The summed E-state index contributed by atoms with van der Waals surface area (Å²) in [7, 11) is 0. The van der Waals surface area contributed by atoms with Crippen molar-refractivity contribution in [1.82, 2.24) is 15.5 Å². The molecular formula is C27H35N3O5S. The van der Waals surface area contributed by atoms with Crippen LogP contribution < -0.4 is 10.6 Å². The lowest BCUT2D eigenvalue weighted by Gasteiger charge is -2.33. The van der Waals surface area contributed by atoms with Gasteiger partial charge in [0.1, 0.15) is 6.04 Å². The fourth-order valence-corrected chi connectivity index (χ4v) is 5.42. The summed E-state index contributed by atoms with van der Waals surface area (Å²) in [4.78, 5) is 40.4. The van der Waals surface area contributed by atoms with E-state index in [9.17, 15) is 19.5 Å². The summed E-state index contributed by atoms with van der Waals surface area (Å²) in [5, 5.41) is 16.7. The van der Waals surface area contributed by atoms with Crippen LogP contribution in [0.25, 0.3) is 0 Å². The zero-order valence-corrected chi connectivity index (χ0v) is 22.0. The van der Waals surface area contributed by atoms with E-state index in [1.807, 2.05) is 75.4 Å². The second-order valence-corrected chi connectivity index (χ2v) is 10.9. The lowest BCUT2D eigenvalue weighted by Crippen LogP contribution is -2.58. The lowest BCUT2D eigenvalue weighted by molar-refractivity contribution is -0.147. The number of carbonyl (C=O) groups is 3. The lowest BCUT2D eigenvalue weighted by atomic mass is 9.97. The molecule has 0 radical (unpaired) electrons. The maximum atomic E-state index is 13.5. The van der Waals surface area contributed by atoms with E-state index in [1.165, 1.54) is 16.7 Å². The smallest absolute Gasteiger partial charge is 0.407 e. The molecule has 1 aliphatic heterocycles. The van der Waals surface area contributed by atoms with Gasteiger partial charge in [-0.15, -0.1) is 11.8 Å². The van der Waals surface area contributed by atoms with Crippen molar-refractivity contribution in [3.63, 3.8) is 0 Å². The van der Waals surface area contributed by atoms with Crippen molar-refractivity contribution >= 4 is 29.7 Å². The number of hydrogen-bond acceptors (Lipinski definition) is 6. The van der Waals surface area contributed by atoms with E-state index in [0.29, 0.717) is 6.54 Å². The van der Waals surface area contributed by atoms with Gasteiger partial charge in [0.2, 0.25) is 5.91 Å². The number of nitrogens with one attached hydrogen (secondary N) is 2. The second kappa shape index (κ2) is 12.3. The van der Waals surface area contributed by atoms with Crippen molar-refractivity contribution in [1.29, 1.82) is 0 Å². The maximum Gasteiger partial charge on any atom is 0.407 e. The number of alkyl carbamates (subject to hydrolysis) is 1. The van der Waals surface area contributed by atoms with Gasteiger partial charge in [0.25, 0.3) is 5.91 Å². The number of aliphatic hydroxyl groups excluding tert-OH is 1. The van der Waals surface area contributed by atoms with Gasteiger partial charge in [-0.25, -0.2) is 4.79 Å². The molecule has 194 valence electrons. The topological polar surface area (TPSA) is 108 Å². The number of carbonyl (C=O) groups excluding carboxylic acids is 3. The monoisotopic (exact) mass is 513 g/mol. The first-order valence-corrected chi connectivity index (χ1v) is 13.0. The van der Waals surface area contributed by atoms with Gasteiger partial charge in [0, 0.05) is 11.3 Å². The van der Waals surface area contributed by atoms with Crippen LogP contribution in [0.3, 0.4) is 0 Å². The molecule has 1 fully saturated rings. The summed E-state index contributed by atoms with van der Waals surface area (Å²) < 4.78 is 4.43. The molecule has 1 saturated heterocycles. The molecule has 3 amide bonds. The van der Waals surface area contributed by atoms with Crippen molar-refractivity contribution in [2.45, 2.75) is 63.6 Å². The van der Waals surface area contributed by atoms with E-state index in [4.69, 9.17) is 4.74 Å². The summed E-state index contributed by atoms with van der Waals surface area (Å²) in [5.41, 5.74) is 2.90. The first kappa shape index (κ1) is 27.5. The Labute approximate surface area is 216 Å². The van der Waals surface area contributed by atoms with Crippen molar-refractivity contribution in [3.8, 4) is 0 Å². The Morgan fingerprint density at radius 3 is 2.47 bits per heavy atom. The Kier molecular flexibility index (Phi) is 9.39. The molecule has 36 heavy (non-hydrogen) atoms. The molecule has 1 aliphatic rings. The minimum Gasteiger partial charge on any atom is -0.450 e. The first-order chi connectivity index (χ1) is 17.1. The number of nitrogens with zero attached hydrogens (tertiary/aromatic N) is 1. The number of benzene rings is 2. The van der Waals surface area contributed by atoms with Crippen LogP contribution in [-0.4, -0.2) is 63.3 Å². The number of thioether (sulfide) groups is 1. The number of hydrogen-bond donors (Lipinski definition) is 3. The average molecular weight is 514 g/mol. The van der Waals surface area contributed by atoms with Crippen molar-refractivity contribution < 1.29 is 24.2 Å². The Morgan fingerprint density at radius 1 is 1.14 bits per heavy atom. The fourth-order valence-electron chi connectivity index (χ4n) is 4.28. The standard InChI is InChI=1S/C27H35N3O5S/c1-5-35-26(34)29-21(15-19-12-7-6-8-13-19)22(31)25(33)30-17-36-27(3,4)23(30)24(32)28-16-20-14-10-9-11-18(20)2/h6-14,21-23,31H,5,15-17H2,1-4H3,(H,28,32)(H,29,34)/t21-,22-,23+/m0/s1. The second-order valence-electron chi connectivity index (χ2n) is 9.34. The van der Waals surface area contributed by atoms with Crippen LogP contribution >= 0.6 is 11.8 Å². The molecule has 0 spiro atoms. The first-order valence-electron chi connectivity index (χ1n) is 12.1. The van der Waals surface area contributed by atoms with Gasteiger partial charge in [0.15, 0.2) is 6.10 Å². The van der Waals surface area contributed by atoms with E-state index in [2.05, 4.69) is 10.6 Å². The fraction of sp³-hybridized carbons (Fsp3) is 0.444. The van der Waals surface area contributed by atoms with Gasteiger partial charge in [-0.1, -0.05) is 54.6 Å². The SMILES string of the molecule is CCOC(=O)N[C@@H](Cc1ccccc1)[C@H](O)C(=O)N1CSC(C)(C)[C@H]1C(=O)NCc1ccccc1C. The summed E-state index contributed by atoms with van der Waals surface area (Å²) in [6, 6.07) is 15.3. The quantitative estimate of drug-likeness (QED) is 0.476. The van der Waals surface area contributed by atoms with E-state index in [1.54, 1.807) is 6.92 Å². The average Bonchev–Trinajstić information content (AvgIpc) is 3.17. The number of aliphatic hydroxyl groups is 1. The molecule has 0 saturated carbocycles. The molecule has 3 rings (SSSR count). The highest BCUT2D eigenvalue weighted by molar-refractivity contribution is 8.00. The molecule has 0 unspecified atom stereocenters. The van der Waals surface area contributed by atoms with Crippen molar-refractivity contribution in [2.75, 3.05) is 12.5 Å². The van der Waals surface area contributed by atoms with Gasteiger partial charge in [-0.3, -0.25) is 9.59 Å². The third kappa shape index (κ3) is 6.79. The van der Waals surface area contributed by atoms with Crippen LogP contribution in [0.2, 0.25) is 0 Å².